The van der Waals surface area contributed by atoms with E-state index in [2.05, 4.69) is 11.9 Å². The second kappa shape index (κ2) is 5.89. The van der Waals surface area contributed by atoms with Gasteiger partial charge in [0.05, 0.1) is 0 Å². The number of halogens is 2. The topological polar surface area (TPSA) is 12.0 Å². The molecule has 0 aromatic heterocycles. The molecule has 0 saturated heterocycles. The molecule has 82 valence electrons. The second-order valence-corrected chi connectivity index (χ2v) is 3.83. The quantitative estimate of drug-likeness (QED) is 0.597. The first-order chi connectivity index (χ1) is 7.15. The predicted molar refractivity (Wildman–Crippen MR) is 62.6 cm³/mol. The zero-order valence-corrected chi connectivity index (χ0v) is 9.52. The van der Waals surface area contributed by atoms with Gasteiger partial charge in [-0.2, -0.15) is 0 Å². The van der Waals surface area contributed by atoms with Crippen LogP contribution >= 0.6 is 11.6 Å². The van der Waals surface area contributed by atoms with Crippen LogP contribution in [0.25, 0.3) is 0 Å². The van der Waals surface area contributed by atoms with Crippen LogP contribution in [0.1, 0.15) is 24.9 Å². The molecule has 0 amide bonds. The fourth-order valence-corrected chi connectivity index (χ4v) is 1.70. The average Bonchev–Trinajstić information content (AvgIpc) is 2.17. The minimum Gasteiger partial charge on any atom is -0.310 e. The van der Waals surface area contributed by atoms with Crippen molar-refractivity contribution in [1.82, 2.24) is 5.32 Å². The lowest BCUT2D eigenvalue weighted by Crippen LogP contribution is -2.19. The fourth-order valence-electron chi connectivity index (χ4n) is 1.36. The van der Waals surface area contributed by atoms with Crippen molar-refractivity contribution in [3.05, 3.63) is 47.3 Å². The molecular formula is C12H15ClFN. The summed E-state index contributed by atoms with van der Waals surface area (Å²) in [6.07, 6.45) is 2.76. The van der Waals surface area contributed by atoms with Crippen LogP contribution in [0.3, 0.4) is 0 Å². The van der Waals surface area contributed by atoms with E-state index in [1.807, 2.05) is 13.0 Å². The minimum atomic E-state index is -0.304. The predicted octanol–water partition coefficient (Wildman–Crippen LogP) is 3.71. The van der Waals surface area contributed by atoms with Gasteiger partial charge in [-0.15, -0.1) is 6.58 Å². The van der Waals surface area contributed by atoms with Crippen LogP contribution in [-0.4, -0.2) is 6.54 Å². The molecule has 3 heteroatoms. The van der Waals surface area contributed by atoms with Crippen molar-refractivity contribution in [3.8, 4) is 0 Å². The molecule has 1 N–H and O–H groups in total. The fraction of sp³-hybridized carbons (Fsp3) is 0.333. The van der Waals surface area contributed by atoms with Crippen LogP contribution in [0.15, 0.2) is 30.9 Å². The number of hydrogen-bond donors (Lipinski definition) is 1. The number of benzene rings is 1. The molecule has 0 aliphatic heterocycles. The molecule has 0 heterocycles. The van der Waals surface area contributed by atoms with E-state index in [1.165, 1.54) is 12.1 Å². The van der Waals surface area contributed by atoms with Crippen molar-refractivity contribution in [3.63, 3.8) is 0 Å². The summed E-state index contributed by atoms with van der Waals surface area (Å²) in [5, 5.41) is 3.75. The van der Waals surface area contributed by atoms with E-state index in [1.54, 1.807) is 6.07 Å². The van der Waals surface area contributed by atoms with Gasteiger partial charge in [-0.1, -0.05) is 23.7 Å². The van der Waals surface area contributed by atoms with E-state index in [0.717, 1.165) is 18.5 Å². The van der Waals surface area contributed by atoms with Gasteiger partial charge in [-0.25, -0.2) is 4.39 Å². The summed E-state index contributed by atoms with van der Waals surface area (Å²) in [6.45, 7) is 6.49. The standard InChI is InChI=1S/C12H15ClFN/c1-3-4-7-15-9(2)11-6-5-10(14)8-12(11)13/h3,5-6,8-9,15H,1,4,7H2,2H3. The van der Waals surface area contributed by atoms with E-state index < -0.39 is 0 Å². The highest BCUT2D eigenvalue weighted by molar-refractivity contribution is 6.31. The molecule has 0 aliphatic rings. The molecular weight excluding hydrogens is 213 g/mol. The van der Waals surface area contributed by atoms with Crippen LogP contribution in [0.2, 0.25) is 5.02 Å². The first-order valence-electron chi connectivity index (χ1n) is 4.94. The molecule has 1 rings (SSSR count). The summed E-state index contributed by atoms with van der Waals surface area (Å²) >= 11 is 5.94. The van der Waals surface area contributed by atoms with E-state index in [4.69, 9.17) is 11.6 Å². The third kappa shape index (κ3) is 3.65. The average molecular weight is 228 g/mol. The molecule has 0 spiro atoms. The summed E-state index contributed by atoms with van der Waals surface area (Å²) in [7, 11) is 0. The van der Waals surface area contributed by atoms with Crippen molar-refractivity contribution in [1.29, 1.82) is 0 Å². The maximum absolute atomic E-state index is 12.8. The van der Waals surface area contributed by atoms with E-state index >= 15 is 0 Å². The Balaban J connectivity index is 2.64. The van der Waals surface area contributed by atoms with Crippen molar-refractivity contribution in [2.45, 2.75) is 19.4 Å². The Labute approximate surface area is 95.0 Å². The lowest BCUT2D eigenvalue weighted by atomic mass is 10.1. The van der Waals surface area contributed by atoms with Crippen LogP contribution in [0.5, 0.6) is 0 Å². The van der Waals surface area contributed by atoms with Gasteiger partial charge in [0, 0.05) is 11.1 Å². The monoisotopic (exact) mass is 227 g/mol. The second-order valence-electron chi connectivity index (χ2n) is 3.42. The van der Waals surface area contributed by atoms with Crippen molar-refractivity contribution >= 4 is 11.6 Å². The van der Waals surface area contributed by atoms with Crippen LogP contribution in [0, 0.1) is 5.82 Å². The van der Waals surface area contributed by atoms with Crippen molar-refractivity contribution < 1.29 is 4.39 Å². The molecule has 0 aliphatic carbocycles. The molecule has 1 atom stereocenters. The van der Waals surface area contributed by atoms with Gasteiger partial charge in [-0.3, -0.25) is 0 Å². The van der Waals surface area contributed by atoms with Gasteiger partial charge >= 0.3 is 0 Å². The Kier molecular flexibility index (Phi) is 4.79. The Hall–Kier alpha value is -0.860. The molecule has 0 radical (unpaired) electrons. The summed E-state index contributed by atoms with van der Waals surface area (Å²) < 4.78 is 12.8. The lowest BCUT2D eigenvalue weighted by molar-refractivity contribution is 0.577. The molecule has 0 saturated carbocycles. The van der Waals surface area contributed by atoms with Crippen LogP contribution in [-0.2, 0) is 0 Å². The molecule has 0 bridgehead atoms. The number of hydrogen-bond acceptors (Lipinski definition) is 1. The van der Waals surface area contributed by atoms with E-state index in [-0.39, 0.29) is 11.9 Å². The zero-order valence-electron chi connectivity index (χ0n) is 8.76. The van der Waals surface area contributed by atoms with E-state index in [9.17, 15) is 4.39 Å². The molecule has 1 nitrogen and oxygen atoms in total. The first kappa shape index (κ1) is 12.2. The maximum atomic E-state index is 12.8. The highest BCUT2D eigenvalue weighted by atomic mass is 35.5. The summed E-state index contributed by atoms with van der Waals surface area (Å²) in [6, 6.07) is 4.59. The Morgan fingerprint density at radius 3 is 2.93 bits per heavy atom. The molecule has 1 unspecified atom stereocenters. The summed E-state index contributed by atoms with van der Waals surface area (Å²) in [5.74, 6) is -0.304. The highest BCUT2D eigenvalue weighted by Gasteiger charge is 2.08. The molecule has 0 fully saturated rings. The summed E-state index contributed by atoms with van der Waals surface area (Å²) in [4.78, 5) is 0. The van der Waals surface area contributed by atoms with Gasteiger partial charge in [0.15, 0.2) is 0 Å². The largest absolute Gasteiger partial charge is 0.310 e. The minimum absolute atomic E-state index is 0.123. The normalized spacial score (nSPS) is 12.5. The Morgan fingerprint density at radius 1 is 1.60 bits per heavy atom. The third-order valence-corrected chi connectivity index (χ3v) is 2.56. The lowest BCUT2D eigenvalue weighted by Gasteiger charge is -2.15. The smallest absolute Gasteiger partial charge is 0.124 e. The molecule has 15 heavy (non-hydrogen) atoms. The maximum Gasteiger partial charge on any atom is 0.124 e. The van der Waals surface area contributed by atoms with Gasteiger partial charge in [0.25, 0.3) is 0 Å². The third-order valence-electron chi connectivity index (χ3n) is 2.23. The van der Waals surface area contributed by atoms with Gasteiger partial charge < -0.3 is 5.32 Å². The number of rotatable bonds is 5. The number of nitrogens with one attached hydrogen (secondary N) is 1. The highest BCUT2D eigenvalue weighted by Crippen LogP contribution is 2.23. The van der Waals surface area contributed by atoms with E-state index in [0.29, 0.717) is 5.02 Å². The molecule has 1 aromatic carbocycles. The van der Waals surface area contributed by atoms with Gasteiger partial charge in [0.1, 0.15) is 5.82 Å². The Morgan fingerprint density at radius 2 is 2.33 bits per heavy atom. The molecule has 1 aromatic rings. The van der Waals surface area contributed by atoms with Gasteiger partial charge in [-0.05, 0) is 37.6 Å². The van der Waals surface area contributed by atoms with Gasteiger partial charge in [0.2, 0.25) is 0 Å². The van der Waals surface area contributed by atoms with Crippen LogP contribution in [0.4, 0.5) is 4.39 Å². The zero-order chi connectivity index (χ0) is 11.3. The van der Waals surface area contributed by atoms with Crippen molar-refractivity contribution in [2.75, 3.05) is 6.54 Å². The first-order valence-corrected chi connectivity index (χ1v) is 5.32. The van der Waals surface area contributed by atoms with Crippen molar-refractivity contribution in [2.24, 2.45) is 0 Å². The van der Waals surface area contributed by atoms with Crippen LogP contribution < -0.4 is 5.32 Å². The summed E-state index contributed by atoms with van der Waals surface area (Å²) in [5.41, 5.74) is 0.919. The Bertz CT molecular complexity index is 338. The SMILES string of the molecule is C=CCCNC(C)c1ccc(F)cc1Cl.